The molecule has 12 nitrogen and oxygen atoms in total. The lowest BCUT2D eigenvalue weighted by atomic mass is 9.74. The van der Waals surface area contributed by atoms with Crippen molar-refractivity contribution in [3.05, 3.63) is 35.9 Å². The molecule has 2 saturated heterocycles. The van der Waals surface area contributed by atoms with Crippen LogP contribution in [-0.2, 0) is 28.5 Å². The summed E-state index contributed by atoms with van der Waals surface area (Å²) in [4.78, 5) is 29.7. The van der Waals surface area contributed by atoms with E-state index in [1.807, 2.05) is 77.0 Å². The highest BCUT2D eigenvalue weighted by molar-refractivity contribution is 6.01. The number of nitrogens with zero attached hydrogens (tertiary/aromatic N) is 3. The van der Waals surface area contributed by atoms with Crippen molar-refractivity contribution in [2.45, 2.75) is 142 Å². The Bertz CT molecular complexity index is 1370. The Morgan fingerprint density at radius 1 is 1.02 bits per heavy atom. The van der Waals surface area contributed by atoms with E-state index in [2.05, 4.69) is 5.10 Å². The summed E-state index contributed by atoms with van der Waals surface area (Å²) in [5, 5.41) is 44.5. The molecule has 0 amide bonds. The smallest absolute Gasteiger partial charge is 0.316 e. The molecule has 0 radical (unpaired) electrons. The van der Waals surface area contributed by atoms with Gasteiger partial charge in [0, 0.05) is 30.7 Å². The summed E-state index contributed by atoms with van der Waals surface area (Å²) in [6.07, 6.45) is -4.34. The van der Waals surface area contributed by atoms with E-state index < -0.39 is 77.3 Å². The van der Waals surface area contributed by atoms with Crippen molar-refractivity contribution in [1.29, 1.82) is 0 Å². The van der Waals surface area contributed by atoms with E-state index in [0.29, 0.717) is 18.6 Å². The number of hydrogen-bond donors (Lipinski definition) is 3. The minimum absolute atomic E-state index is 0.183. The number of rotatable bonds is 8. The number of carbonyl (C=O) groups is 2. The lowest BCUT2D eigenvalue weighted by Gasteiger charge is -2.47. The van der Waals surface area contributed by atoms with Crippen molar-refractivity contribution in [2.24, 2.45) is 33.9 Å². The Morgan fingerprint density at radius 2 is 1.65 bits per heavy atom. The summed E-state index contributed by atoms with van der Waals surface area (Å²) < 4.78 is 24.8. The highest BCUT2D eigenvalue weighted by atomic mass is 16.7. The van der Waals surface area contributed by atoms with Crippen LogP contribution in [0.3, 0.4) is 0 Å². The molecule has 0 bridgehead atoms. The van der Waals surface area contributed by atoms with Crippen LogP contribution < -0.4 is 0 Å². The molecule has 0 spiro atoms. The van der Waals surface area contributed by atoms with Gasteiger partial charge in [-0.25, -0.2) is 0 Å². The van der Waals surface area contributed by atoms with Gasteiger partial charge in [0.15, 0.2) is 12.1 Å². The number of hydrogen-bond acceptors (Lipinski definition) is 12. The summed E-state index contributed by atoms with van der Waals surface area (Å²) >= 11 is 0. The van der Waals surface area contributed by atoms with E-state index in [0.717, 1.165) is 11.3 Å². The molecule has 12 heteroatoms. The van der Waals surface area contributed by atoms with Gasteiger partial charge in [0.2, 0.25) is 0 Å². The van der Waals surface area contributed by atoms with E-state index >= 15 is 0 Å². The number of cyclic esters (lactones) is 1. The second-order valence-corrected chi connectivity index (χ2v) is 15.2. The molecule has 1 aromatic carbocycles. The Kier molecular flexibility index (Phi) is 15.1. The monoisotopic (exact) mass is 717 g/mol. The molecule has 2 aliphatic heterocycles. The first-order valence-electron chi connectivity index (χ1n) is 18.4. The third-order valence-electron chi connectivity index (χ3n) is 11.1. The molecule has 13 atom stereocenters. The topological polar surface area (TPSA) is 160 Å². The predicted molar refractivity (Wildman–Crippen MR) is 197 cm³/mol. The van der Waals surface area contributed by atoms with Gasteiger partial charge in [-0.2, -0.15) is 10.2 Å². The van der Waals surface area contributed by atoms with E-state index in [4.69, 9.17) is 24.0 Å². The zero-order valence-electron chi connectivity index (χ0n) is 32.7. The molecule has 1 aromatic rings. The first-order chi connectivity index (χ1) is 23.8. The third-order valence-corrected chi connectivity index (χ3v) is 11.1. The lowest BCUT2D eigenvalue weighted by molar-refractivity contribution is -0.295. The molecule has 288 valence electrons. The zero-order valence-corrected chi connectivity index (χ0v) is 32.7. The normalized spacial score (nSPS) is 40.3. The minimum Gasteiger partial charge on any atom is -0.459 e. The lowest BCUT2D eigenvalue weighted by Crippen LogP contribution is -2.60. The Labute approximate surface area is 304 Å². The Morgan fingerprint density at radius 3 is 2.20 bits per heavy atom. The number of aliphatic hydroxyl groups is 3. The van der Waals surface area contributed by atoms with Crippen LogP contribution in [0.4, 0.5) is 0 Å². The van der Waals surface area contributed by atoms with Crippen LogP contribution in [0.15, 0.2) is 40.5 Å². The largest absolute Gasteiger partial charge is 0.459 e. The molecule has 4 unspecified atom stereocenters. The second kappa shape index (κ2) is 18.0. The molecule has 2 aliphatic rings. The summed E-state index contributed by atoms with van der Waals surface area (Å²) in [5.41, 5.74) is -0.989. The van der Waals surface area contributed by atoms with Crippen molar-refractivity contribution in [2.75, 3.05) is 21.2 Å². The Hall–Kier alpha value is -2.58. The summed E-state index contributed by atoms with van der Waals surface area (Å²) in [7, 11) is 5.29. The van der Waals surface area contributed by atoms with Crippen LogP contribution >= 0.6 is 0 Å². The number of methoxy groups -OCH3 is 1. The average Bonchev–Trinajstić information content (AvgIpc) is 3.10. The highest BCUT2D eigenvalue weighted by Gasteiger charge is 2.51. The average molecular weight is 718 g/mol. The number of carbonyl (C=O) groups excluding carboxylic acids is 2. The van der Waals surface area contributed by atoms with Gasteiger partial charge in [0.1, 0.15) is 23.7 Å². The van der Waals surface area contributed by atoms with Gasteiger partial charge in [-0.15, -0.1) is 0 Å². The fourth-order valence-corrected chi connectivity index (χ4v) is 7.71. The maximum absolute atomic E-state index is 14.2. The van der Waals surface area contributed by atoms with Gasteiger partial charge in [-0.05, 0) is 79.0 Å². The molecule has 2 fully saturated rings. The molecular weight excluding hydrogens is 654 g/mol. The van der Waals surface area contributed by atoms with Crippen molar-refractivity contribution in [1.82, 2.24) is 4.90 Å². The maximum Gasteiger partial charge on any atom is 0.316 e. The third kappa shape index (κ3) is 9.70. The van der Waals surface area contributed by atoms with Crippen molar-refractivity contribution < 1.29 is 43.9 Å². The molecule has 2 heterocycles. The summed E-state index contributed by atoms with van der Waals surface area (Å²) in [6, 6.07) is 9.42. The van der Waals surface area contributed by atoms with Crippen LogP contribution in [0.25, 0.3) is 0 Å². The molecule has 0 aliphatic carbocycles. The molecular formula is C39H63N3O9. The van der Waals surface area contributed by atoms with Crippen LogP contribution in [-0.4, -0.2) is 119 Å². The fraction of sp³-hybridized carbons (Fsp3) is 0.744. The van der Waals surface area contributed by atoms with Crippen molar-refractivity contribution in [3.63, 3.8) is 0 Å². The van der Waals surface area contributed by atoms with E-state index in [1.165, 1.54) is 21.0 Å². The van der Waals surface area contributed by atoms with Crippen molar-refractivity contribution >= 4 is 23.2 Å². The van der Waals surface area contributed by atoms with E-state index in [1.54, 1.807) is 20.8 Å². The van der Waals surface area contributed by atoms with E-state index in [9.17, 15) is 24.9 Å². The summed E-state index contributed by atoms with van der Waals surface area (Å²) in [6.45, 7) is 15.7. The number of benzene rings is 1. The van der Waals surface area contributed by atoms with Crippen LogP contribution in [0, 0.1) is 23.7 Å². The number of ketones is 1. The first-order valence-corrected chi connectivity index (χ1v) is 18.4. The Balaban J connectivity index is 2.23. The van der Waals surface area contributed by atoms with Gasteiger partial charge in [-0.1, -0.05) is 65.0 Å². The number of Topliss-reactive ketones (excluding diaryl/α,β-unsaturated/α-hetero) is 1. The standard InChI is InChI=1S/C39H63N3O9/c1-13-28(27-18-16-15-17-19-27)40-41-31-22(3)21-38(8,48-12)35(51-37-33(44)29(42(10)11)20-23(4)49-37)25(6)32(43)26(7)36(46)50-30(14-2)39(9,47)34(45)24(31)5/h15-19,22-26,29-30,33-35,37,44-45,47H,13-14,20-21H2,1-12H3/b40-28+,41-31+/t22-,23?,24+,25+,26-,29?,30-,33?,34-,35-,37?,38-,39-/m1/s1. The van der Waals surface area contributed by atoms with E-state index in [-0.39, 0.29) is 25.0 Å². The minimum atomic E-state index is -1.90. The van der Waals surface area contributed by atoms with Crippen LogP contribution in [0.2, 0.25) is 0 Å². The highest BCUT2D eigenvalue weighted by Crippen LogP contribution is 2.38. The molecule has 3 rings (SSSR count). The first kappa shape index (κ1) is 42.8. The number of esters is 1. The quantitative estimate of drug-likeness (QED) is 0.152. The number of ether oxygens (including phenoxy) is 4. The fourth-order valence-electron chi connectivity index (χ4n) is 7.71. The predicted octanol–water partition coefficient (Wildman–Crippen LogP) is 4.41. The maximum atomic E-state index is 14.2. The molecule has 0 aromatic heterocycles. The van der Waals surface area contributed by atoms with Gasteiger partial charge in [0.25, 0.3) is 0 Å². The number of likely N-dealkylation sites (N-methyl/N-ethyl adjacent to an activating group) is 1. The van der Waals surface area contributed by atoms with Gasteiger partial charge in [-0.3, -0.25) is 9.59 Å². The zero-order chi connectivity index (χ0) is 38.4. The SMILES string of the molecule is CC/C(=N\N=C1/[C@H](C)C[C@@](C)(OC)[C@H](OC2OC(C)CC(N(C)C)C2O)[C@@H](C)C(=O)[C@@H](C)C(=O)O[C@H](CC)[C@@](C)(O)[C@H](O)[C@H]1C)c1ccccc1. The second-order valence-electron chi connectivity index (χ2n) is 15.2. The van der Waals surface area contributed by atoms with Crippen molar-refractivity contribution in [3.8, 4) is 0 Å². The molecule has 51 heavy (non-hydrogen) atoms. The van der Waals surface area contributed by atoms with Crippen LogP contribution in [0.5, 0.6) is 0 Å². The molecule has 0 saturated carbocycles. The molecule has 3 N–H and O–H groups in total. The van der Waals surface area contributed by atoms with Gasteiger partial charge in [0.05, 0.1) is 29.6 Å². The van der Waals surface area contributed by atoms with Gasteiger partial charge < -0.3 is 39.2 Å². The van der Waals surface area contributed by atoms with Gasteiger partial charge >= 0.3 is 5.97 Å². The summed E-state index contributed by atoms with van der Waals surface area (Å²) in [5.74, 6) is -4.63. The number of aliphatic hydroxyl groups excluding tert-OH is 2. The van der Waals surface area contributed by atoms with Crippen LogP contribution in [0.1, 0.15) is 93.6 Å².